The van der Waals surface area contributed by atoms with E-state index in [9.17, 15) is 9.59 Å². The van der Waals surface area contributed by atoms with Gasteiger partial charge in [0.1, 0.15) is 5.75 Å². The molecule has 4 heteroatoms. The molecule has 0 spiro atoms. The van der Waals surface area contributed by atoms with Crippen LogP contribution < -0.4 is 4.74 Å². The van der Waals surface area contributed by atoms with Crippen molar-refractivity contribution in [2.45, 2.75) is 78.6 Å². The van der Waals surface area contributed by atoms with Crippen LogP contribution in [-0.2, 0) is 19.7 Å². The van der Waals surface area contributed by atoms with Crippen LogP contribution in [0.1, 0.15) is 78.7 Å². The van der Waals surface area contributed by atoms with Gasteiger partial charge >= 0.3 is 11.9 Å². The molecule has 0 saturated carbocycles. The van der Waals surface area contributed by atoms with E-state index < -0.39 is 0 Å². The molecular formula is C22H34O4. The smallest absolute Gasteiger partial charge is 0.311 e. The van der Waals surface area contributed by atoms with Gasteiger partial charge in [0, 0.05) is 12.8 Å². The van der Waals surface area contributed by atoms with Crippen molar-refractivity contribution in [3.05, 3.63) is 29.8 Å². The lowest BCUT2D eigenvalue weighted by Gasteiger charge is -2.18. The van der Waals surface area contributed by atoms with Crippen molar-refractivity contribution in [3.63, 3.8) is 0 Å². The normalized spacial score (nSPS) is 11.5. The second kappa shape index (κ2) is 11.0. The van der Waals surface area contributed by atoms with Gasteiger partial charge in [0.05, 0.1) is 6.61 Å². The molecule has 26 heavy (non-hydrogen) atoms. The van der Waals surface area contributed by atoms with Crippen LogP contribution in [0.25, 0.3) is 0 Å². The highest BCUT2D eigenvalue weighted by Gasteiger charge is 2.13. The molecule has 0 radical (unpaired) electrons. The van der Waals surface area contributed by atoms with Crippen molar-refractivity contribution in [1.29, 1.82) is 0 Å². The fourth-order valence-corrected chi connectivity index (χ4v) is 2.49. The number of rotatable bonds is 10. The van der Waals surface area contributed by atoms with E-state index in [0.717, 1.165) is 12.8 Å². The highest BCUT2D eigenvalue weighted by molar-refractivity contribution is 5.72. The second-order valence-electron chi connectivity index (χ2n) is 8.21. The first-order chi connectivity index (χ1) is 12.2. The van der Waals surface area contributed by atoms with Crippen LogP contribution in [0.3, 0.4) is 0 Å². The molecule has 0 aliphatic rings. The van der Waals surface area contributed by atoms with Gasteiger partial charge in [-0.1, -0.05) is 46.8 Å². The zero-order valence-corrected chi connectivity index (χ0v) is 17.0. The Bertz CT molecular complexity index is 553. The summed E-state index contributed by atoms with van der Waals surface area (Å²) in [6.45, 7) is 11.2. The van der Waals surface area contributed by atoms with E-state index in [-0.39, 0.29) is 17.4 Å². The first kappa shape index (κ1) is 22.2. The van der Waals surface area contributed by atoms with Crippen molar-refractivity contribution in [2.24, 2.45) is 5.92 Å². The second-order valence-corrected chi connectivity index (χ2v) is 8.21. The van der Waals surface area contributed by atoms with Gasteiger partial charge in [0.25, 0.3) is 0 Å². The summed E-state index contributed by atoms with van der Waals surface area (Å²) in [4.78, 5) is 23.5. The summed E-state index contributed by atoms with van der Waals surface area (Å²) in [5, 5.41) is 0. The van der Waals surface area contributed by atoms with Gasteiger partial charge < -0.3 is 9.47 Å². The molecule has 0 N–H and O–H groups in total. The fourth-order valence-electron chi connectivity index (χ4n) is 2.49. The number of unbranched alkanes of at least 4 members (excludes halogenated alkanes) is 1. The Kier molecular flexibility index (Phi) is 9.39. The predicted molar refractivity (Wildman–Crippen MR) is 104 cm³/mol. The van der Waals surface area contributed by atoms with Gasteiger partial charge in [0.15, 0.2) is 0 Å². The van der Waals surface area contributed by atoms with Crippen LogP contribution in [0.2, 0.25) is 0 Å². The zero-order chi connectivity index (χ0) is 19.6. The third-order valence-corrected chi connectivity index (χ3v) is 4.15. The quantitative estimate of drug-likeness (QED) is 0.316. The molecular weight excluding hydrogens is 328 g/mol. The molecule has 146 valence electrons. The van der Waals surface area contributed by atoms with Crippen LogP contribution in [0, 0.1) is 5.92 Å². The lowest BCUT2D eigenvalue weighted by atomic mass is 9.87. The van der Waals surface area contributed by atoms with E-state index >= 15 is 0 Å². The molecule has 1 aromatic rings. The van der Waals surface area contributed by atoms with E-state index in [1.807, 2.05) is 24.3 Å². The van der Waals surface area contributed by atoms with Crippen molar-refractivity contribution in [3.8, 4) is 5.75 Å². The maximum absolute atomic E-state index is 11.9. The van der Waals surface area contributed by atoms with Crippen molar-refractivity contribution in [1.82, 2.24) is 0 Å². The SMILES string of the molecule is CC(C)CCCOC(=O)CCCCC(=O)Oc1ccc(C(C)(C)C)cc1. The van der Waals surface area contributed by atoms with Crippen LogP contribution in [0.4, 0.5) is 0 Å². The highest BCUT2D eigenvalue weighted by atomic mass is 16.5. The number of carbonyl (C=O) groups is 2. The molecule has 0 aliphatic carbocycles. The summed E-state index contributed by atoms with van der Waals surface area (Å²) >= 11 is 0. The fraction of sp³-hybridized carbons (Fsp3) is 0.636. The predicted octanol–water partition coefficient (Wildman–Crippen LogP) is 5.43. The number of carbonyl (C=O) groups excluding carboxylic acids is 2. The Morgan fingerprint density at radius 2 is 1.50 bits per heavy atom. The summed E-state index contributed by atoms with van der Waals surface area (Å²) in [6.07, 6.45) is 3.90. The average Bonchev–Trinajstić information content (AvgIpc) is 2.55. The number of ether oxygens (including phenoxy) is 2. The molecule has 0 fully saturated rings. The van der Waals surface area contributed by atoms with E-state index in [1.165, 1.54) is 5.56 Å². The molecule has 4 nitrogen and oxygen atoms in total. The van der Waals surface area contributed by atoms with Gasteiger partial charge in [-0.3, -0.25) is 9.59 Å². The Balaban J connectivity index is 2.17. The zero-order valence-electron chi connectivity index (χ0n) is 17.0. The maximum Gasteiger partial charge on any atom is 0.311 e. The van der Waals surface area contributed by atoms with Crippen LogP contribution >= 0.6 is 0 Å². The monoisotopic (exact) mass is 362 g/mol. The third-order valence-electron chi connectivity index (χ3n) is 4.15. The van der Waals surface area contributed by atoms with Crippen molar-refractivity contribution in [2.75, 3.05) is 6.61 Å². The minimum atomic E-state index is -0.265. The van der Waals surface area contributed by atoms with E-state index in [1.54, 1.807) is 0 Å². The summed E-state index contributed by atoms with van der Waals surface area (Å²) in [5.41, 5.74) is 1.27. The lowest BCUT2D eigenvalue weighted by molar-refractivity contribution is -0.144. The average molecular weight is 363 g/mol. The molecule has 0 aromatic heterocycles. The topological polar surface area (TPSA) is 52.6 Å². The first-order valence-electron chi connectivity index (χ1n) is 9.65. The molecule has 1 rings (SSSR count). The largest absolute Gasteiger partial charge is 0.466 e. The summed E-state index contributed by atoms with van der Waals surface area (Å²) in [7, 11) is 0. The number of benzene rings is 1. The summed E-state index contributed by atoms with van der Waals surface area (Å²) in [5.74, 6) is 0.746. The van der Waals surface area contributed by atoms with Crippen LogP contribution in [0.5, 0.6) is 5.75 Å². The Hall–Kier alpha value is -1.84. The molecule has 0 aliphatic heterocycles. The minimum Gasteiger partial charge on any atom is -0.466 e. The molecule has 1 aromatic carbocycles. The molecule has 0 atom stereocenters. The van der Waals surface area contributed by atoms with Gasteiger partial charge in [-0.05, 0) is 54.7 Å². The van der Waals surface area contributed by atoms with E-state index in [2.05, 4.69) is 34.6 Å². The highest BCUT2D eigenvalue weighted by Crippen LogP contribution is 2.24. The Morgan fingerprint density at radius 1 is 0.923 bits per heavy atom. The molecule has 0 unspecified atom stereocenters. The van der Waals surface area contributed by atoms with Gasteiger partial charge in [-0.15, -0.1) is 0 Å². The van der Waals surface area contributed by atoms with E-state index in [0.29, 0.717) is 44.0 Å². The molecule has 0 heterocycles. The lowest BCUT2D eigenvalue weighted by Crippen LogP contribution is -2.11. The van der Waals surface area contributed by atoms with Crippen LogP contribution in [0.15, 0.2) is 24.3 Å². The number of esters is 2. The van der Waals surface area contributed by atoms with Crippen LogP contribution in [-0.4, -0.2) is 18.5 Å². The standard InChI is InChI=1S/C22H34O4/c1-17(2)9-8-16-25-20(23)10-6-7-11-21(24)26-19-14-12-18(13-15-19)22(3,4)5/h12-15,17H,6-11,16H2,1-5H3. The van der Waals surface area contributed by atoms with Crippen molar-refractivity contribution < 1.29 is 19.1 Å². The number of hydrogen-bond acceptors (Lipinski definition) is 4. The van der Waals surface area contributed by atoms with E-state index in [4.69, 9.17) is 9.47 Å². The van der Waals surface area contributed by atoms with Crippen molar-refractivity contribution >= 4 is 11.9 Å². The van der Waals surface area contributed by atoms with Gasteiger partial charge in [0.2, 0.25) is 0 Å². The Labute approximate surface area is 158 Å². The summed E-state index contributed by atoms with van der Waals surface area (Å²) < 4.78 is 10.5. The van der Waals surface area contributed by atoms with Gasteiger partial charge in [-0.2, -0.15) is 0 Å². The maximum atomic E-state index is 11.9. The van der Waals surface area contributed by atoms with Gasteiger partial charge in [-0.25, -0.2) is 0 Å². The third kappa shape index (κ3) is 9.59. The first-order valence-corrected chi connectivity index (χ1v) is 9.65. The molecule has 0 bridgehead atoms. The Morgan fingerprint density at radius 3 is 2.04 bits per heavy atom. The summed E-state index contributed by atoms with van der Waals surface area (Å²) in [6, 6.07) is 7.62. The molecule has 0 saturated heterocycles. The number of hydrogen-bond donors (Lipinski definition) is 0. The molecule has 0 amide bonds. The minimum absolute atomic E-state index is 0.0753.